The highest BCUT2D eigenvalue weighted by atomic mass is 16.1. The number of rotatable bonds is 5. The Bertz CT molecular complexity index is 468. The van der Waals surface area contributed by atoms with E-state index in [9.17, 15) is 10.1 Å². The number of carbonyl (C=O) groups excluding carboxylic acids is 1. The molecule has 0 saturated heterocycles. The zero-order chi connectivity index (χ0) is 15.2. The van der Waals surface area contributed by atoms with Gasteiger partial charge in [0.2, 0.25) is 5.91 Å². The van der Waals surface area contributed by atoms with Crippen LogP contribution in [0, 0.1) is 22.7 Å². The Morgan fingerprint density at radius 1 is 1.30 bits per heavy atom. The number of amides is 1. The fourth-order valence-electron chi connectivity index (χ4n) is 2.49. The Balaban J connectivity index is 2.55. The molecule has 2 unspecified atom stereocenters. The molecule has 3 heteroatoms. The molecule has 0 saturated carbocycles. The van der Waals surface area contributed by atoms with Crippen molar-refractivity contribution in [2.24, 2.45) is 11.3 Å². The lowest BCUT2D eigenvalue weighted by molar-refractivity contribution is -0.122. The van der Waals surface area contributed by atoms with Crippen LogP contribution in [-0.2, 0) is 4.79 Å². The van der Waals surface area contributed by atoms with Gasteiger partial charge in [-0.2, -0.15) is 5.26 Å². The first kappa shape index (κ1) is 16.2. The first-order valence-corrected chi connectivity index (χ1v) is 7.06. The van der Waals surface area contributed by atoms with Crippen LogP contribution >= 0.6 is 0 Å². The second-order valence-electron chi connectivity index (χ2n) is 6.61. The number of nitrogens with zero attached hydrogens (tertiary/aromatic N) is 1. The summed E-state index contributed by atoms with van der Waals surface area (Å²) in [4.78, 5) is 12.0. The zero-order valence-electron chi connectivity index (χ0n) is 12.8. The van der Waals surface area contributed by atoms with Crippen LogP contribution in [0.3, 0.4) is 0 Å². The van der Waals surface area contributed by atoms with Crippen LogP contribution in [0.25, 0.3) is 0 Å². The van der Waals surface area contributed by atoms with E-state index in [-0.39, 0.29) is 11.3 Å². The number of nitriles is 1. The summed E-state index contributed by atoms with van der Waals surface area (Å²) in [7, 11) is 0. The minimum absolute atomic E-state index is 0.0582. The van der Waals surface area contributed by atoms with E-state index in [0.29, 0.717) is 12.3 Å². The SMILES string of the molecule is CC(CC(=O)NC(C#N)c1ccccc1)CC(C)(C)C. The van der Waals surface area contributed by atoms with Crippen LogP contribution < -0.4 is 5.32 Å². The molecule has 0 aromatic heterocycles. The normalized spacial score (nSPS) is 14.2. The predicted octanol–water partition coefficient (Wildman–Crippen LogP) is 3.83. The summed E-state index contributed by atoms with van der Waals surface area (Å²) in [6.45, 7) is 8.59. The number of benzene rings is 1. The van der Waals surface area contributed by atoms with Gasteiger partial charge in [0.15, 0.2) is 0 Å². The molecule has 2 atom stereocenters. The highest BCUT2D eigenvalue weighted by Gasteiger charge is 2.19. The second kappa shape index (κ2) is 7.09. The maximum Gasteiger partial charge on any atom is 0.221 e. The summed E-state index contributed by atoms with van der Waals surface area (Å²) in [5, 5.41) is 12.0. The van der Waals surface area contributed by atoms with Gasteiger partial charge >= 0.3 is 0 Å². The van der Waals surface area contributed by atoms with E-state index < -0.39 is 6.04 Å². The summed E-state index contributed by atoms with van der Waals surface area (Å²) >= 11 is 0. The van der Waals surface area contributed by atoms with Crippen molar-refractivity contribution in [1.29, 1.82) is 5.26 Å². The van der Waals surface area contributed by atoms with Gasteiger partial charge in [-0.05, 0) is 23.3 Å². The van der Waals surface area contributed by atoms with E-state index in [1.807, 2.05) is 30.3 Å². The monoisotopic (exact) mass is 272 g/mol. The number of hydrogen-bond donors (Lipinski definition) is 1. The van der Waals surface area contributed by atoms with Crippen molar-refractivity contribution in [3.63, 3.8) is 0 Å². The molecule has 108 valence electrons. The van der Waals surface area contributed by atoms with Crippen molar-refractivity contribution >= 4 is 5.91 Å². The highest BCUT2D eigenvalue weighted by Crippen LogP contribution is 2.26. The largest absolute Gasteiger partial charge is 0.337 e. The van der Waals surface area contributed by atoms with E-state index in [4.69, 9.17) is 0 Å². The molecule has 0 aliphatic carbocycles. The fraction of sp³-hybridized carbons (Fsp3) is 0.529. The van der Waals surface area contributed by atoms with Gasteiger partial charge in [0.1, 0.15) is 6.04 Å². The van der Waals surface area contributed by atoms with Gasteiger partial charge in [0, 0.05) is 6.42 Å². The lowest BCUT2D eigenvalue weighted by atomic mass is 9.84. The predicted molar refractivity (Wildman–Crippen MR) is 80.8 cm³/mol. The molecule has 1 aromatic carbocycles. The van der Waals surface area contributed by atoms with Gasteiger partial charge in [-0.1, -0.05) is 58.0 Å². The Kier molecular flexibility index (Phi) is 5.76. The molecule has 0 bridgehead atoms. The van der Waals surface area contributed by atoms with Crippen molar-refractivity contribution in [3.8, 4) is 6.07 Å². The van der Waals surface area contributed by atoms with E-state index in [2.05, 4.69) is 39.1 Å². The second-order valence-corrected chi connectivity index (χ2v) is 6.61. The Labute approximate surface area is 122 Å². The van der Waals surface area contributed by atoms with Gasteiger partial charge in [-0.15, -0.1) is 0 Å². The minimum atomic E-state index is -0.564. The number of hydrogen-bond acceptors (Lipinski definition) is 2. The first-order valence-electron chi connectivity index (χ1n) is 7.06. The van der Waals surface area contributed by atoms with E-state index in [1.54, 1.807) is 0 Å². The highest BCUT2D eigenvalue weighted by molar-refractivity contribution is 5.77. The third-order valence-corrected chi connectivity index (χ3v) is 3.06. The lowest BCUT2D eigenvalue weighted by Gasteiger charge is -2.23. The third-order valence-electron chi connectivity index (χ3n) is 3.06. The average molecular weight is 272 g/mol. The Hall–Kier alpha value is -1.82. The molecular formula is C17H24N2O. The molecule has 0 aliphatic rings. The maximum atomic E-state index is 12.0. The van der Waals surface area contributed by atoms with Crippen LogP contribution in [-0.4, -0.2) is 5.91 Å². The van der Waals surface area contributed by atoms with E-state index in [1.165, 1.54) is 0 Å². The molecular weight excluding hydrogens is 248 g/mol. The molecule has 0 heterocycles. The topological polar surface area (TPSA) is 52.9 Å². The summed E-state index contributed by atoms with van der Waals surface area (Å²) in [5.74, 6) is 0.252. The van der Waals surface area contributed by atoms with Gasteiger partial charge in [0.05, 0.1) is 6.07 Å². The minimum Gasteiger partial charge on any atom is -0.337 e. The molecule has 0 fully saturated rings. The molecule has 0 radical (unpaired) electrons. The van der Waals surface area contributed by atoms with E-state index >= 15 is 0 Å². The van der Waals surface area contributed by atoms with Crippen molar-refractivity contribution in [2.75, 3.05) is 0 Å². The van der Waals surface area contributed by atoms with Gasteiger partial charge in [-0.25, -0.2) is 0 Å². The fourth-order valence-corrected chi connectivity index (χ4v) is 2.49. The zero-order valence-corrected chi connectivity index (χ0v) is 12.8. The van der Waals surface area contributed by atoms with Crippen molar-refractivity contribution in [3.05, 3.63) is 35.9 Å². The molecule has 1 aromatic rings. The molecule has 1 amide bonds. The van der Waals surface area contributed by atoms with Gasteiger partial charge in [-0.3, -0.25) is 4.79 Å². The van der Waals surface area contributed by atoms with Crippen molar-refractivity contribution < 1.29 is 4.79 Å². The van der Waals surface area contributed by atoms with Gasteiger partial charge < -0.3 is 5.32 Å². The first-order chi connectivity index (χ1) is 9.31. The maximum absolute atomic E-state index is 12.0. The number of nitrogens with one attached hydrogen (secondary N) is 1. The van der Waals surface area contributed by atoms with Crippen molar-refractivity contribution in [1.82, 2.24) is 5.32 Å². The summed E-state index contributed by atoms with van der Waals surface area (Å²) in [6, 6.07) is 10.9. The van der Waals surface area contributed by atoms with Crippen molar-refractivity contribution in [2.45, 2.75) is 46.6 Å². The van der Waals surface area contributed by atoms with E-state index in [0.717, 1.165) is 12.0 Å². The summed E-state index contributed by atoms with van der Waals surface area (Å²) in [5.41, 5.74) is 1.04. The molecule has 3 nitrogen and oxygen atoms in total. The average Bonchev–Trinajstić information content (AvgIpc) is 2.34. The molecule has 0 spiro atoms. The standard InChI is InChI=1S/C17H24N2O/c1-13(11-17(2,3)4)10-16(20)19-15(12-18)14-8-6-5-7-9-14/h5-9,13,15H,10-11H2,1-4H3,(H,19,20). The third kappa shape index (κ3) is 5.88. The number of carbonyl (C=O) groups is 1. The summed E-state index contributed by atoms with van der Waals surface area (Å²) < 4.78 is 0. The Morgan fingerprint density at radius 3 is 2.40 bits per heavy atom. The Morgan fingerprint density at radius 2 is 1.90 bits per heavy atom. The molecule has 1 rings (SSSR count). The van der Waals surface area contributed by atoms with Crippen LogP contribution in [0.2, 0.25) is 0 Å². The van der Waals surface area contributed by atoms with Crippen LogP contribution in [0.1, 0.15) is 52.1 Å². The van der Waals surface area contributed by atoms with Crippen LogP contribution in [0.15, 0.2) is 30.3 Å². The van der Waals surface area contributed by atoms with Crippen LogP contribution in [0.5, 0.6) is 0 Å². The van der Waals surface area contributed by atoms with Crippen LogP contribution in [0.4, 0.5) is 0 Å². The lowest BCUT2D eigenvalue weighted by Crippen LogP contribution is -2.29. The van der Waals surface area contributed by atoms with Gasteiger partial charge in [0.25, 0.3) is 0 Å². The smallest absolute Gasteiger partial charge is 0.221 e. The summed E-state index contributed by atoms with van der Waals surface area (Å²) in [6.07, 6.45) is 1.45. The molecule has 20 heavy (non-hydrogen) atoms. The molecule has 0 aliphatic heterocycles. The quantitative estimate of drug-likeness (QED) is 0.885. The molecule has 1 N–H and O–H groups in total.